The van der Waals surface area contributed by atoms with E-state index >= 15 is 0 Å². The van der Waals surface area contributed by atoms with Crippen LogP contribution in [0, 0.1) is 29.1 Å². The summed E-state index contributed by atoms with van der Waals surface area (Å²) in [5.74, 6) is 1.79. The number of nitriles is 1. The molecule has 1 amide bonds. The lowest BCUT2D eigenvalue weighted by atomic mass is 10.3. The number of carbonyl (C=O) groups is 1. The number of amides is 1. The van der Waals surface area contributed by atoms with Crippen molar-refractivity contribution in [2.24, 2.45) is 17.8 Å². The highest BCUT2D eigenvalue weighted by Crippen LogP contribution is 2.50. The van der Waals surface area contributed by atoms with E-state index in [1.54, 1.807) is 0 Å². The van der Waals surface area contributed by atoms with Crippen LogP contribution in [-0.2, 0) is 9.53 Å². The van der Waals surface area contributed by atoms with Gasteiger partial charge in [0.2, 0.25) is 5.91 Å². The molecule has 1 heterocycles. The van der Waals surface area contributed by atoms with Crippen molar-refractivity contribution in [3.8, 4) is 6.07 Å². The summed E-state index contributed by atoms with van der Waals surface area (Å²) in [7, 11) is 0. The summed E-state index contributed by atoms with van der Waals surface area (Å²) in [6.07, 6.45) is -0.0292. The Morgan fingerprint density at radius 3 is 2.85 bits per heavy atom. The maximum atomic E-state index is 10.9. The number of carbonyl (C=O) groups excluding carboxylic acids is 1. The van der Waals surface area contributed by atoms with Crippen molar-refractivity contribution in [1.29, 1.82) is 5.26 Å². The second-order valence-electron chi connectivity index (χ2n) is 3.67. The van der Waals surface area contributed by atoms with Crippen molar-refractivity contribution in [2.45, 2.75) is 6.42 Å². The molecule has 2 atom stereocenters. The molecular formula is C9H12N2O2. The van der Waals surface area contributed by atoms with Crippen LogP contribution in [0.25, 0.3) is 0 Å². The van der Waals surface area contributed by atoms with Gasteiger partial charge in [0.25, 0.3) is 0 Å². The third-order valence-corrected chi connectivity index (χ3v) is 2.90. The molecule has 0 spiro atoms. The molecule has 2 aliphatic rings. The van der Waals surface area contributed by atoms with E-state index in [0.29, 0.717) is 17.8 Å². The molecule has 1 aliphatic heterocycles. The van der Waals surface area contributed by atoms with Gasteiger partial charge in [0.15, 0.2) is 0 Å². The van der Waals surface area contributed by atoms with E-state index in [-0.39, 0.29) is 12.3 Å². The molecule has 2 fully saturated rings. The van der Waals surface area contributed by atoms with Gasteiger partial charge in [-0.1, -0.05) is 0 Å². The number of hydrogen-bond donors (Lipinski definition) is 1. The quantitative estimate of drug-likeness (QED) is 0.660. The molecule has 1 saturated heterocycles. The first-order chi connectivity index (χ1) is 6.33. The van der Waals surface area contributed by atoms with E-state index in [0.717, 1.165) is 19.8 Å². The van der Waals surface area contributed by atoms with Gasteiger partial charge in [0.1, 0.15) is 6.42 Å². The van der Waals surface area contributed by atoms with Crippen LogP contribution in [0.3, 0.4) is 0 Å². The number of hydrogen-bond acceptors (Lipinski definition) is 3. The van der Waals surface area contributed by atoms with Gasteiger partial charge in [-0.2, -0.15) is 5.26 Å². The third kappa shape index (κ3) is 1.65. The molecule has 0 aromatic rings. The zero-order valence-corrected chi connectivity index (χ0v) is 7.32. The van der Waals surface area contributed by atoms with Gasteiger partial charge in [-0.3, -0.25) is 4.79 Å². The van der Waals surface area contributed by atoms with E-state index in [1.807, 2.05) is 6.07 Å². The van der Waals surface area contributed by atoms with Crippen molar-refractivity contribution < 1.29 is 9.53 Å². The van der Waals surface area contributed by atoms with Gasteiger partial charge < -0.3 is 10.1 Å². The molecule has 2 unspecified atom stereocenters. The van der Waals surface area contributed by atoms with Crippen molar-refractivity contribution in [3.05, 3.63) is 0 Å². The fourth-order valence-corrected chi connectivity index (χ4v) is 2.03. The predicted molar refractivity (Wildman–Crippen MR) is 44.5 cm³/mol. The normalized spacial score (nSPS) is 34.8. The molecule has 1 saturated carbocycles. The predicted octanol–water partition coefficient (Wildman–Crippen LogP) is -0.0913. The van der Waals surface area contributed by atoms with Gasteiger partial charge in [-0.25, -0.2) is 0 Å². The van der Waals surface area contributed by atoms with Crippen LogP contribution in [0.2, 0.25) is 0 Å². The van der Waals surface area contributed by atoms with Gasteiger partial charge in [0.05, 0.1) is 19.3 Å². The minimum atomic E-state index is -0.159. The maximum Gasteiger partial charge on any atom is 0.234 e. The second kappa shape index (κ2) is 3.35. The molecule has 1 aliphatic carbocycles. The zero-order valence-electron chi connectivity index (χ0n) is 7.32. The van der Waals surface area contributed by atoms with Crippen molar-refractivity contribution in [2.75, 3.05) is 19.8 Å². The minimum Gasteiger partial charge on any atom is -0.381 e. The molecule has 0 bridgehead atoms. The monoisotopic (exact) mass is 180 g/mol. The van der Waals surface area contributed by atoms with Crippen molar-refractivity contribution in [3.63, 3.8) is 0 Å². The first-order valence-corrected chi connectivity index (χ1v) is 4.54. The van der Waals surface area contributed by atoms with E-state index in [2.05, 4.69) is 5.32 Å². The Morgan fingerprint density at radius 1 is 1.54 bits per heavy atom. The topological polar surface area (TPSA) is 62.1 Å². The van der Waals surface area contributed by atoms with E-state index < -0.39 is 0 Å². The molecule has 0 radical (unpaired) electrons. The summed E-state index contributed by atoms with van der Waals surface area (Å²) in [5, 5.41) is 11.0. The lowest BCUT2D eigenvalue weighted by molar-refractivity contribution is -0.120. The van der Waals surface area contributed by atoms with E-state index in [9.17, 15) is 4.79 Å². The molecule has 4 heteroatoms. The van der Waals surface area contributed by atoms with Gasteiger partial charge in [-0.15, -0.1) is 0 Å². The molecule has 13 heavy (non-hydrogen) atoms. The average molecular weight is 180 g/mol. The number of fused-ring (bicyclic) bond motifs is 1. The Labute approximate surface area is 76.9 Å². The van der Waals surface area contributed by atoms with Crippen LogP contribution < -0.4 is 5.32 Å². The Balaban J connectivity index is 1.65. The van der Waals surface area contributed by atoms with E-state index in [1.165, 1.54) is 0 Å². The highest BCUT2D eigenvalue weighted by molar-refractivity contribution is 5.77. The Kier molecular flexibility index (Phi) is 2.19. The highest BCUT2D eigenvalue weighted by Gasteiger charge is 2.53. The van der Waals surface area contributed by atoms with Gasteiger partial charge in [-0.05, 0) is 17.8 Å². The van der Waals surface area contributed by atoms with Crippen LogP contribution in [-0.4, -0.2) is 25.7 Å². The van der Waals surface area contributed by atoms with Crippen LogP contribution in [0.4, 0.5) is 0 Å². The second-order valence-corrected chi connectivity index (χ2v) is 3.67. The summed E-state index contributed by atoms with van der Waals surface area (Å²) < 4.78 is 5.23. The van der Waals surface area contributed by atoms with Gasteiger partial charge >= 0.3 is 0 Å². The maximum absolute atomic E-state index is 10.9. The summed E-state index contributed by atoms with van der Waals surface area (Å²) in [5.41, 5.74) is 0. The van der Waals surface area contributed by atoms with Crippen molar-refractivity contribution >= 4 is 5.91 Å². The molecule has 1 N–H and O–H groups in total. The lowest BCUT2D eigenvalue weighted by Gasteiger charge is -2.04. The van der Waals surface area contributed by atoms with Gasteiger partial charge in [0, 0.05) is 6.54 Å². The summed E-state index contributed by atoms with van der Waals surface area (Å²) in [6, 6.07) is 1.83. The highest BCUT2D eigenvalue weighted by atomic mass is 16.5. The largest absolute Gasteiger partial charge is 0.381 e. The average Bonchev–Trinajstić information content (AvgIpc) is 2.58. The molecule has 0 aromatic carbocycles. The molecule has 4 nitrogen and oxygen atoms in total. The Morgan fingerprint density at radius 2 is 2.23 bits per heavy atom. The molecule has 2 rings (SSSR count). The van der Waals surface area contributed by atoms with Crippen LogP contribution >= 0.6 is 0 Å². The third-order valence-electron chi connectivity index (χ3n) is 2.90. The fourth-order valence-electron chi connectivity index (χ4n) is 2.03. The van der Waals surface area contributed by atoms with Crippen LogP contribution in [0.1, 0.15) is 6.42 Å². The molecule has 70 valence electrons. The van der Waals surface area contributed by atoms with E-state index in [4.69, 9.17) is 10.00 Å². The lowest BCUT2D eigenvalue weighted by Crippen LogP contribution is -2.26. The summed E-state index contributed by atoms with van der Waals surface area (Å²) >= 11 is 0. The number of nitrogens with one attached hydrogen (secondary N) is 1. The number of rotatable bonds is 3. The molecular weight excluding hydrogens is 168 g/mol. The standard InChI is InChI=1S/C9H12N2O2/c10-2-1-9(12)11-3-6-7-4-13-5-8(6)7/h6-8H,1,3-5H2,(H,11,12). The first kappa shape index (κ1) is 8.52. The van der Waals surface area contributed by atoms with Crippen LogP contribution in [0.5, 0.6) is 0 Å². The Bertz CT molecular complexity index is 249. The number of nitrogens with zero attached hydrogens (tertiary/aromatic N) is 1. The SMILES string of the molecule is N#CCC(=O)NCC1C2COCC12. The summed E-state index contributed by atoms with van der Waals surface area (Å²) in [6.45, 7) is 2.42. The first-order valence-electron chi connectivity index (χ1n) is 4.54. The minimum absolute atomic E-state index is 0.0292. The summed E-state index contributed by atoms with van der Waals surface area (Å²) in [4.78, 5) is 10.9. The molecule has 0 aromatic heterocycles. The number of ether oxygens (including phenoxy) is 1. The smallest absolute Gasteiger partial charge is 0.234 e. The zero-order chi connectivity index (χ0) is 9.26. The van der Waals surface area contributed by atoms with Crippen LogP contribution in [0.15, 0.2) is 0 Å². The van der Waals surface area contributed by atoms with Crippen molar-refractivity contribution in [1.82, 2.24) is 5.32 Å². The Hall–Kier alpha value is -1.08. The fraction of sp³-hybridized carbons (Fsp3) is 0.778.